The molecule has 0 aliphatic carbocycles. The molecule has 0 fully saturated rings. The van der Waals surface area contributed by atoms with E-state index in [-0.39, 0.29) is 3.78 Å². The molecule has 0 saturated carbocycles. The van der Waals surface area contributed by atoms with Crippen LogP contribution in [0.3, 0.4) is 0 Å². The van der Waals surface area contributed by atoms with Crippen molar-refractivity contribution in [3.63, 3.8) is 0 Å². The first-order chi connectivity index (χ1) is 2.00. The fourth-order valence-corrected chi connectivity index (χ4v) is 0. The molecule has 32 valence electrons. The zero-order valence-corrected chi connectivity index (χ0v) is 5.60. The van der Waals surface area contributed by atoms with Gasteiger partial charge in [-0.2, -0.15) is 0 Å². The monoisotopic (exact) mass is 156 g/mol. The van der Waals surface area contributed by atoms with Gasteiger partial charge in [-0.1, -0.05) is 15.9 Å². The van der Waals surface area contributed by atoms with Gasteiger partial charge in [-0.15, -0.1) is 11.6 Å². The van der Waals surface area contributed by atoms with Crippen LogP contribution in [0.25, 0.3) is 0 Å². The Labute approximate surface area is 45.6 Å². The number of hydrogen-bond acceptors (Lipinski definition) is 0. The minimum atomic E-state index is -0.215. The predicted molar refractivity (Wildman–Crippen MR) is 28.9 cm³/mol. The van der Waals surface area contributed by atoms with E-state index in [0.717, 1.165) is 0 Å². The molecule has 0 unspecified atom stereocenters. The molecule has 0 radical (unpaired) electrons. The van der Waals surface area contributed by atoms with Gasteiger partial charge in [0.05, 0.1) is 3.78 Å². The highest BCUT2D eigenvalue weighted by molar-refractivity contribution is 9.10. The van der Waals surface area contributed by atoms with Crippen molar-refractivity contribution in [1.29, 1.82) is 0 Å². The first-order valence-electron chi connectivity index (χ1n) is 1.38. The molecule has 0 spiro atoms. The van der Waals surface area contributed by atoms with Gasteiger partial charge < -0.3 is 0 Å². The number of halogens is 2. The summed E-state index contributed by atoms with van der Waals surface area (Å²) in [6.07, 6.45) is 0. The van der Waals surface area contributed by atoms with Crippen molar-refractivity contribution in [2.75, 3.05) is 0 Å². The lowest BCUT2D eigenvalue weighted by Gasteiger charge is -1.98. The van der Waals surface area contributed by atoms with E-state index in [1.165, 1.54) is 0 Å². The Hall–Kier alpha value is 0.770. The fourth-order valence-electron chi connectivity index (χ4n) is 0. The highest BCUT2D eigenvalue weighted by Crippen LogP contribution is 2.19. The summed E-state index contributed by atoms with van der Waals surface area (Å²) in [5, 5.41) is 0. The van der Waals surface area contributed by atoms with Crippen molar-refractivity contribution in [2.24, 2.45) is 0 Å². The standard InChI is InChI=1S/C3H6BrCl/c1-3(2,4)5/h1-2H3. The van der Waals surface area contributed by atoms with E-state index in [1.807, 2.05) is 13.8 Å². The minimum absolute atomic E-state index is 0.215. The van der Waals surface area contributed by atoms with Crippen LogP contribution in [0.2, 0.25) is 0 Å². The lowest BCUT2D eigenvalue weighted by atomic mass is 10.6. The molecular weight excluding hydrogens is 151 g/mol. The Morgan fingerprint density at radius 1 is 1.60 bits per heavy atom. The maximum Gasteiger partial charge on any atom is 0.0936 e. The van der Waals surface area contributed by atoms with Gasteiger partial charge in [0.25, 0.3) is 0 Å². The average Bonchev–Trinajstić information content (AvgIpc) is 0.722. The molecule has 0 aliphatic heterocycles. The van der Waals surface area contributed by atoms with Crippen molar-refractivity contribution in [2.45, 2.75) is 17.6 Å². The second-order valence-electron chi connectivity index (χ2n) is 1.33. The molecule has 0 aromatic heterocycles. The topological polar surface area (TPSA) is 0 Å². The molecule has 0 nitrogen and oxygen atoms in total. The van der Waals surface area contributed by atoms with E-state index >= 15 is 0 Å². The lowest BCUT2D eigenvalue weighted by molar-refractivity contribution is 1.04. The third kappa shape index (κ3) is 61.7. The molecule has 0 N–H and O–H groups in total. The van der Waals surface area contributed by atoms with Crippen molar-refractivity contribution in [3.05, 3.63) is 0 Å². The van der Waals surface area contributed by atoms with Crippen LogP contribution in [0.15, 0.2) is 0 Å². The molecule has 5 heavy (non-hydrogen) atoms. The van der Waals surface area contributed by atoms with Gasteiger partial charge in [0, 0.05) is 0 Å². The Morgan fingerprint density at radius 2 is 1.60 bits per heavy atom. The summed E-state index contributed by atoms with van der Waals surface area (Å²) in [7, 11) is 0. The molecule has 0 bridgehead atoms. The van der Waals surface area contributed by atoms with E-state index < -0.39 is 0 Å². The first kappa shape index (κ1) is 5.77. The van der Waals surface area contributed by atoms with Crippen LogP contribution in [0.4, 0.5) is 0 Å². The summed E-state index contributed by atoms with van der Waals surface area (Å²) < 4.78 is -0.215. The van der Waals surface area contributed by atoms with E-state index in [0.29, 0.717) is 0 Å². The zero-order chi connectivity index (χ0) is 4.50. The Morgan fingerprint density at radius 3 is 1.60 bits per heavy atom. The van der Waals surface area contributed by atoms with Crippen LogP contribution in [-0.2, 0) is 0 Å². The third-order valence-electron chi connectivity index (χ3n) is 0. The van der Waals surface area contributed by atoms with Crippen LogP contribution in [0.5, 0.6) is 0 Å². The van der Waals surface area contributed by atoms with Crippen LogP contribution in [0.1, 0.15) is 13.8 Å². The van der Waals surface area contributed by atoms with Gasteiger partial charge >= 0.3 is 0 Å². The summed E-state index contributed by atoms with van der Waals surface area (Å²) >= 11 is 8.59. The maximum atomic E-state index is 5.45. The van der Waals surface area contributed by atoms with Gasteiger partial charge in [0.15, 0.2) is 0 Å². The number of rotatable bonds is 0. The average molecular weight is 157 g/mol. The molecule has 0 aliphatic rings. The quantitative estimate of drug-likeness (QED) is 0.474. The SMILES string of the molecule is CC(C)(Cl)Br. The van der Waals surface area contributed by atoms with Crippen molar-refractivity contribution in [3.8, 4) is 0 Å². The van der Waals surface area contributed by atoms with Gasteiger partial charge in [0.1, 0.15) is 0 Å². The fraction of sp³-hybridized carbons (Fsp3) is 1.00. The zero-order valence-electron chi connectivity index (χ0n) is 3.26. The second-order valence-corrected chi connectivity index (χ2v) is 4.71. The number of hydrogen-bond donors (Lipinski definition) is 0. The summed E-state index contributed by atoms with van der Waals surface area (Å²) in [4.78, 5) is 0. The largest absolute Gasteiger partial charge is 0.107 e. The van der Waals surface area contributed by atoms with Gasteiger partial charge in [0.2, 0.25) is 0 Å². The maximum absolute atomic E-state index is 5.45. The molecule has 0 heterocycles. The van der Waals surface area contributed by atoms with E-state index in [9.17, 15) is 0 Å². The van der Waals surface area contributed by atoms with Crippen LogP contribution in [-0.4, -0.2) is 3.78 Å². The van der Waals surface area contributed by atoms with E-state index in [1.54, 1.807) is 0 Å². The van der Waals surface area contributed by atoms with Crippen LogP contribution < -0.4 is 0 Å². The molecule has 0 rings (SSSR count). The highest BCUT2D eigenvalue weighted by Gasteiger charge is 2.02. The van der Waals surface area contributed by atoms with E-state index in [2.05, 4.69) is 15.9 Å². The third-order valence-corrected chi connectivity index (χ3v) is 0. The van der Waals surface area contributed by atoms with Gasteiger partial charge in [-0.3, -0.25) is 0 Å². The molecular formula is C3H6BrCl. The summed E-state index contributed by atoms with van der Waals surface area (Å²) in [5.74, 6) is 0. The lowest BCUT2D eigenvalue weighted by Crippen LogP contribution is -1.92. The number of alkyl halides is 2. The van der Waals surface area contributed by atoms with E-state index in [4.69, 9.17) is 11.6 Å². The smallest absolute Gasteiger partial charge is 0.0936 e. The molecule has 0 amide bonds. The normalized spacial score (nSPS) is 12.0. The molecule has 0 aromatic carbocycles. The van der Waals surface area contributed by atoms with Crippen LogP contribution in [0, 0.1) is 0 Å². The Kier molecular flexibility index (Phi) is 1.71. The molecule has 0 saturated heterocycles. The summed E-state index contributed by atoms with van der Waals surface area (Å²) in [6.45, 7) is 3.74. The van der Waals surface area contributed by atoms with Gasteiger partial charge in [-0.05, 0) is 13.8 Å². The van der Waals surface area contributed by atoms with Crippen molar-refractivity contribution < 1.29 is 0 Å². The van der Waals surface area contributed by atoms with Crippen molar-refractivity contribution in [1.82, 2.24) is 0 Å². The summed E-state index contributed by atoms with van der Waals surface area (Å²) in [5.41, 5.74) is 0. The second kappa shape index (κ2) is 1.48. The highest BCUT2D eigenvalue weighted by atomic mass is 79.9. The predicted octanol–water partition coefficient (Wildman–Crippen LogP) is 2.36. The Bertz CT molecular complexity index is 22.4. The van der Waals surface area contributed by atoms with Crippen molar-refractivity contribution >= 4 is 27.5 Å². The molecule has 2 heteroatoms. The summed E-state index contributed by atoms with van der Waals surface area (Å²) in [6, 6.07) is 0. The first-order valence-corrected chi connectivity index (χ1v) is 2.55. The minimum Gasteiger partial charge on any atom is -0.107 e. The van der Waals surface area contributed by atoms with Crippen LogP contribution >= 0.6 is 27.5 Å². The molecule has 0 atom stereocenters. The van der Waals surface area contributed by atoms with Gasteiger partial charge in [-0.25, -0.2) is 0 Å². The Balaban J connectivity index is 3.02. The molecule has 0 aromatic rings.